The van der Waals surface area contributed by atoms with E-state index in [9.17, 15) is 9.59 Å². The van der Waals surface area contributed by atoms with E-state index in [1.165, 1.54) is 36.7 Å². The van der Waals surface area contributed by atoms with Gasteiger partial charge in [-0.2, -0.15) is 0 Å². The van der Waals surface area contributed by atoms with Crippen molar-refractivity contribution in [3.05, 3.63) is 22.4 Å². The van der Waals surface area contributed by atoms with E-state index in [0.717, 1.165) is 11.8 Å². The first-order chi connectivity index (χ1) is 12.2. The van der Waals surface area contributed by atoms with E-state index in [0.29, 0.717) is 22.0 Å². The molecule has 1 aromatic heterocycles. The topological polar surface area (TPSA) is 60.3 Å². The van der Waals surface area contributed by atoms with Crippen molar-refractivity contribution in [2.24, 2.45) is 23.7 Å². The fraction of sp³-hybridized carbons (Fsp3) is 0.700. The molecule has 4 aliphatic rings. The normalized spacial score (nSPS) is 32.5. The number of carbonyl (C=O) groups is 2. The van der Waals surface area contributed by atoms with Crippen molar-refractivity contribution < 1.29 is 14.3 Å². The monoisotopic (exact) mass is 422 g/mol. The Morgan fingerprint density at radius 3 is 2.23 bits per heavy atom. The molecule has 4 aliphatic carbocycles. The quantitative estimate of drug-likeness (QED) is 0.757. The number of nitrogens with one attached hydrogen (secondary N) is 1. The number of halogens is 1. The van der Waals surface area contributed by atoms with Gasteiger partial charge in [0.05, 0.1) is 0 Å². The summed E-state index contributed by atoms with van der Waals surface area (Å²) in [5.74, 6) is 2.75. The van der Waals surface area contributed by atoms with Crippen molar-refractivity contribution >= 4 is 27.9 Å². The Bertz CT molecular complexity index is 706. The third kappa shape index (κ3) is 3.45. The van der Waals surface area contributed by atoms with Crippen LogP contribution in [-0.2, 0) is 4.74 Å². The van der Waals surface area contributed by atoms with Gasteiger partial charge in [-0.3, -0.25) is 4.79 Å². The minimum atomic E-state index is -0.608. The third-order valence-corrected chi connectivity index (χ3v) is 6.57. The summed E-state index contributed by atoms with van der Waals surface area (Å²) in [6, 6.07) is 1.94. The number of hydrogen-bond acceptors (Lipinski definition) is 3. The van der Waals surface area contributed by atoms with Crippen molar-refractivity contribution in [2.45, 2.75) is 64.5 Å². The van der Waals surface area contributed by atoms with Crippen molar-refractivity contribution in [2.75, 3.05) is 0 Å². The minimum absolute atomic E-state index is 0.181. The first kappa shape index (κ1) is 18.1. The molecule has 4 bridgehead atoms. The van der Waals surface area contributed by atoms with E-state index in [1.54, 1.807) is 12.3 Å². The molecule has 26 heavy (non-hydrogen) atoms. The zero-order chi connectivity index (χ0) is 18.6. The molecule has 1 N–H and O–H groups in total. The van der Waals surface area contributed by atoms with Crippen molar-refractivity contribution in [1.82, 2.24) is 9.88 Å². The van der Waals surface area contributed by atoms with Gasteiger partial charge < -0.3 is 10.1 Å². The standard InChI is InChI=1S/C20H27BrN2O3/c1-20(2,3)26-19(25)23-10-15(21)9-16(23)18(24)22-17-13-5-11-4-12(7-13)8-14(17)6-11/h9-14,17H,4-8H2,1-3H3,(H,22,24). The van der Waals surface area contributed by atoms with Gasteiger partial charge in [-0.15, -0.1) is 0 Å². The number of nitrogens with zero attached hydrogens (tertiary/aromatic N) is 1. The third-order valence-electron chi connectivity index (χ3n) is 6.13. The predicted octanol–water partition coefficient (Wildman–Crippen LogP) is 4.59. The first-order valence-electron chi connectivity index (χ1n) is 9.61. The molecule has 5 rings (SSSR count). The lowest BCUT2D eigenvalue weighted by molar-refractivity contribution is -0.0121. The van der Waals surface area contributed by atoms with Crippen LogP contribution in [-0.4, -0.2) is 28.2 Å². The number of hydrogen-bond donors (Lipinski definition) is 1. The maximum Gasteiger partial charge on any atom is 0.419 e. The number of amides is 1. The van der Waals surface area contributed by atoms with Crippen LogP contribution in [0.4, 0.5) is 4.79 Å². The van der Waals surface area contributed by atoms with E-state index in [-0.39, 0.29) is 11.9 Å². The zero-order valence-electron chi connectivity index (χ0n) is 15.6. The van der Waals surface area contributed by atoms with E-state index < -0.39 is 11.7 Å². The van der Waals surface area contributed by atoms with E-state index in [4.69, 9.17) is 4.74 Å². The Labute approximate surface area is 163 Å². The van der Waals surface area contributed by atoms with E-state index in [1.807, 2.05) is 20.8 Å². The molecule has 0 radical (unpaired) electrons. The summed E-state index contributed by atoms with van der Waals surface area (Å²) in [6.07, 6.45) is 7.44. The molecule has 1 heterocycles. The minimum Gasteiger partial charge on any atom is -0.443 e. The van der Waals surface area contributed by atoms with Gasteiger partial charge in [-0.25, -0.2) is 9.36 Å². The highest BCUT2D eigenvalue weighted by Crippen LogP contribution is 2.53. The summed E-state index contributed by atoms with van der Waals surface area (Å²) >= 11 is 3.38. The highest BCUT2D eigenvalue weighted by Gasteiger charge is 2.48. The Kier molecular flexibility index (Phi) is 4.45. The lowest BCUT2D eigenvalue weighted by atomic mass is 9.54. The van der Waals surface area contributed by atoms with Crippen LogP contribution >= 0.6 is 15.9 Å². The van der Waals surface area contributed by atoms with Gasteiger partial charge in [0, 0.05) is 16.7 Å². The number of aromatic nitrogens is 1. The molecule has 4 saturated carbocycles. The number of carbonyl (C=O) groups excluding carboxylic acids is 2. The maximum atomic E-state index is 13.0. The molecule has 0 aromatic carbocycles. The van der Waals surface area contributed by atoms with Crippen molar-refractivity contribution in [3.8, 4) is 0 Å². The van der Waals surface area contributed by atoms with Gasteiger partial charge in [-0.05, 0) is 98.5 Å². The van der Waals surface area contributed by atoms with Gasteiger partial charge in [0.25, 0.3) is 5.91 Å². The fourth-order valence-electron chi connectivity index (χ4n) is 5.45. The smallest absolute Gasteiger partial charge is 0.419 e. The molecule has 0 saturated heterocycles. The summed E-state index contributed by atoms with van der Waals surface area (Å²) in [5, 5.41) is 3.26. The lowest BCUT2D eigenvalue weighted by Gasteiger charge is -2.54. The molecule has 0 atom stereocenters. The van der Waals surface area contributed by atoms with Gasteiger partial charge >= 0.3 is 6.09 Å². The van der Waals surface area contributed by atoms with Gasteiger partial charge in [-0.1, -0.05) is 0 Å². The Balaban J connectivity index is 1.51. The SMILES string of the molecule is CC(C)(C)OC(=O)n1cc(Br)cc1C(=O)NC1C2CC3CC(C2)CC1C3. The Morgan fingerprint density at radius 1 is 1.12 bits per heavy atom. The summed E-state index contributed by atoms with van der Waals surface area (Å²) in [4.78, 5) is 25.5. The highest BCUT2D eigenvalue weighted by molar-refractivity contribution is 9.10. The molecule has 4 fully saturated rings. The second-order valence-electron chi connectivity index (χ2n) is 9.32. The Hall–Kier alpha value is -1.30. The second-order valence-corrected chi connectivity index (χ2v) is 10.2. The van der Waals surface area contributed by atoms with Gasteiger partial charge in [0.1, 0.15) is 11.3 Å². The molecule has 1 aromatic rings. The van der Waals surface area contributed by atoms with E-state index >= 15 is 0 Å². The average Bonchev–Trinajstić information content (AvgIpc) is 2.90. The molecule has 5 nitrogen and oxygen atoms in total. The Morgan fingerprint density at radius 2 is 1.69 bits per heavy atom. The van der Waals surface area contributed by atoms with E-state index in [2.05, 4.69) is 21.2 Å². The first-order valence-corrected chi connectivity index (χ1v) is 10.4. The molecule has 142 valence electrons. The van der Waals surface area contributed by atoms with Crippen LogP contribution in [0.25, 0.3) is 0 Å². The highest BCUT2D eigenvalue weighted by atomic mass is 79.9. The molecular formula is C20H27BrN2O3. The molecular weight excluding hydrogens is 396 g/mol. The summed E-state index contributed by atoms with van der Waals surface area (Å²) in [6.45, 7) is 5.45. The van der Waals surface area contributed by atoms with Crippen LogP contribution < -0.4 is 5.32 Å². The van der Waals surface area contributed by atoms with Crippen LogP contribution in [0.5, 0.6) is 0 Å². The molecule has 0 spiro atoms. The summed E-state index contributed by atoms with van der Waals surface area (Å²) in [7, 11) is 0. The van der Waals surface area contributed by atoms with Gasteiger partial charge in [0.15, 0.2) is 0 Å². The maximum absolute atomic E-state index is 13.0. The summed E-state index contributed by atoms with van der Waals surface area (Å²) in [5.41, 5.74) is -0.275. The molecule has 6 heteroatoms. The molecule has 0 unspecified atom stereocenters. The average molecular weight is 423 g/mol. The zero-order valence-corrected chi connectivity index (χ0v) is 17.2. The van der Waals surface area contributed by atoms with Gasteiger partial charge in [0.2, 0.25) is 0 Å². The van der Waals surface area contributed by atoms with Crippen LogP contribution in [0.1, 0.15) is 63.4 Å². The van der Waals surface area contributed by atoms with Crippen LogP contribution in [0.2, 0.25) is 0 Å². The van der Waals surface area contributed by atoms with Crippen LogP contribution in [0.3, 0.4) is 0 Å². The fourth-order valence-corrected chi connectivity index (χ4v) is 5.88. The van der Waals surface area contributed by atoms with Crippen LogP contribution in [0.15, 0.2) is 16.7 Å². The lowest BCUT2D eigenvalue weighted by Crippen LogP contribution is -2.56. The largest absolute Gasteiger partial charge is 0.443 e. The summed E-state index contributed by atoms with van der Waals surface area (Å²) < 4.78 is 7.43. The number of ether oxygens (including phenoxy) is 1. The van der Waals surface area contributed by atoms with Crippen LogP contribution in [0, 0.1) is 23.7 Å². The van der Waals surface area contributed by atoms with Crippen molar-refractivity contribution in [3.63, 3.8) is 0 Å². The predicted molar refractivity (Wildman–Crippen MR) is 102 cm³/mol. The second kappa shape index (κ2) is 6.39. The molecule has 1 amide bonds. The molecule has 0 aliphatic heterocycles. The van der Waals surface area contributed by atoms with Crippen molar-refractivity contribution in [1.29, 1.82) is 0 Å². The number of rotatable bonds is 2.